The number of carbonyl (C=O) groups excluding carboxylic acids is 1. The smallest absolute Gasteiger partial charge is 0.304 e. The summed E-state index contributed by atoms with van der Waals surface area (Å²) in [6, 6.07) is 0. The number of ether oxygens (including phenoxy) is 2. The molecular weight excluding hydrogens is 156 g/mol. The van der Waals surface area contributed by atoms with Crippen LogP contribution in [-0.4, -0.2) is 24.2 Å². The minimum Gasteiger partial charge on any atom is -0.434 e. The standard InChI is InChI=1S/C6H9ClO3/c1-4(8)10-6-5(7)2-3-9-6/h5-6H,2-3H2,1H3. The highest BCUT2D eigenvalue weighted by Gasteiger charge is 2.28. The first-order valence-electron chi connectivity index (χ1n) is 3.13. The minimum atomic E-state index is -0.529. The molecule has 2 unspecified atom stereocenters. The zero-order valence-corrected chi connectivity index (χ0v) is 6.43. The van der Waals surface area contributed by atoms with E-state index in [1.54, 1.807) is 0 Å². The van der Waals surface area contributed by atoms with Crippen LogP contribution in [-0.2, 0) is 14.3 Å². The first-order valence-corrected chi connectivity index (χ1v) is 3.56. The molecule has 0 saturated carbocycles. The summed E-state index contributed by atoms with van der Waals surface area (Å²) in [5.74, 6) is -0.349. The van der Waals surface area contributed by atoms with Crippen molar-refractivity contribution in [2.24, 2.45) is 0 Å². The number of alkyl halides is 1. The van der Waals surface area contributed by atoms with Crippen LogP contribution in [0.5, 0.6) is 0 Å². The molecule has 0 aromatic carbocycles. The molecular formula is C6H9ClO3. The van der Waals surface area contributed by atoms with Crippen LogP contribution in [0, 0.1) is 0 Å². The van der Waals surface area contributed by atoms with Gasteiger partial charge in [-0.05, 0) is 6.42 Å². The van der Waals surface area contributed by atoms with E-state index < -0.39 is 6.29 Å². The number of hydrogen-bond acceptors (Lipinski definition) is 3. The summed E-state index contributed by atoms with van der Waals surface area (Å²) in [5.41, 5.74) is 0. The lowest BCUT2D eigenvalue weighted by atomic mass is 10.3. The van der Waals surface area contributed by atoms with Gasteiger partial charge in [0, 0.05) is 6.92 Å². The fourth-order valence-corrected chi connectivity index (χ4v) is 1.02. The van der Waals surface area contributed by atoms with Gasteiger partial charge in [-0.15, -0.1) is 11.6 Å². The third-order valence-corrected chi connectivity index (χ3v) is 1.68. The van der Waals surface area contributed by atoms with Gasteiger partial charge in [0.1, 0.15) is 0 Å². The average Bonchev–Trinajstić information content (AvgIpc) is 2.15. The first kappa shape index (κ1) is 7.82. The fourth-order valence-electron chi connectivity index (χ4n) is 0.809. The van der Waals surface area contributed by atoms with Crippen LogP contribution in [0.25, 0.3) is 0 Å². The molecule has 1 saturated heterocycles. The molecule has 58 valence electrons. The third kappa shape index (κ3) is 1.85. The van der Waals surface area contributed by atoms with E-state index in [9.17, 15) is 4.79 Å². The zero-order valence-electron chi connectivity index (χ0n) is 5.67. The summed E-state index contributed by atoms with van der Waals surface area (Å²) in [5, 5.41) is -0.177. The van der Waals surface area contributed by atoms with E-state index in [-0.39, 0.29) is 11.3 Å². The molecule has 10 heavy (non-hydrogen) atoms. The number of esters is 1. The highest BCUT2D eigenvalue weighted by molar-refractivity contribution is 6.21. The van der Waals surface area contributed by atoms with Crippen LogP contribution in [0.2, 0.25) is 0 Å². The summed E-state index contributed by atoms with van der Waals surface area (Å²) in [7, 11) is 0. The molecule has 4 heteroatoms. The zero-order chi connectivity index (χ0) is 7.56. The predicted octanol–water partition coefficient (Wildman–Crippen LogP) is 0.903. The Morgan fingerprint density at radius 1 is 1.80 bits per heavy atom. The lowest BCUT2D eigenvalue weighted by molar-refractivity contribution is -0.166. The second kappa shape index (κ2) is 3.21. The Morgan fingerprint density at radius 3 is 2.90 bits per heavy atom. The summed E-state index contributed by atoms with van der Waals surface area (Å²) in [6.45, 7) is 1.91. The molecule has 0 aliphatic carbocycles. The van der Waals surface area contributed by atoms with Gasteiger partial charge in [0.25, 0.3) is 0 Å². The van der Waals surface area contributed by atoms with E-state index in [1.165, 1.54) is 6.92 Å². The van der Waals surface area contributed by atoms with Gasteiger partial charge in [-0.1, -0.05) is 0 Å². The summed E-state index contributed by atoms with van der Waals surface area (Å²) >= 11 is 5.72. The van der Waals surface area contributed by atoms with Crippen LogP contribution in [0.4, 0.5) is 0 Å². The van der Waals surface area contributed by atoms with E-state index >= 15 is 0 Å². The fraction of sp³-hybridized carbons (Fsp3) is 0.833. The Labute approximate surface area is 64.3 Å². The molecule has 1 fully saturated rings. The molecule has 1 aliphatic heterocycles. The SMILES string of the molecule is CC(=O)OC1OCCC1Cl. The minimum absolute atomic E-state index is 0.177. The van der Waals surface area contributed by atoms with Gasteiger partial charge in [0.15, 0.2) is 0 Å². The molecule has 0 spiro atoms. The molecule has 2 atom stereocenters. The van der Waals surface area contributed by atoms with E-state index in [4.69, 9.17) is 21.1 Å². The normalized spacial score (nSPS) is 32.2. The van der Waals surface area contributed by atoms with Crippen LogP contribution in [0.15, 0.2) is 0 Å². The quantitative estimate of drug-likeness (QED) is 0.427. The monoisotopic (exact) mass is 164 g/mol. The van der Waals surface area contributed by atoms with Crippen molar-refractivity contribution in [2.75, 3.05) is 6.61 Å². The van der Waals surface area contributed by atoms with E-state index in [2.05, 4.69) is 0 Å². The molecule has 0 aromatic heterocycles. The molecule has 1 aliphatic rings. The Hall–Kier alpha value is -0.280. The maximum Gasteiger partial charge on any atom is 0.304 e. The predicted molar refractivity (Wildman–Crippen MR) is 35.8 cm³/mol. The molecule has 0 radical (unpaired) electrons. The van der Waals surface area contributed by atoms with Crippen molar-refractivity contribution in [1.29, 1.82) is 0 Å². The average molecular weight is 165 g/mol. The number of carbonyl (C=O) groups is 1. The molecule has 1 heterocycles. The first-order chi connectivity index (χ1) is 4.70. The molecule has 0 N–H and O–H groups in total. The van der Waals surface area contributed by atoms with Crippen molar-refractivity contribution < 1.29 is 14.3 Å². The highest BCUT2D eigenvalue weighted by atomic mass is 35.5. The number of hydrogen-bond donors (Lipinski definition) is 0. The second-order valence-electron chi connectivity index (χ2n) is 2.15. The van der Waals surface area contributed by atoms with Gasteiger partial charge >= 0.3 is 5.97 Å². The Morgan fingerprint density at radius 2 is 2.50 bits per heavy atom. The van der Waals surface area contributed by atoms with Gasteiger partial charge in [0.2, 0.25) is 6.29 Å². The van der Waals surface area contributed by atoms with Crippen molar-refractivity contribution in [2.45, 2.75) is 25.0 Å². The lowest BCUT2D eigenvalue weighted by Gasteiger charge is -2.11. The van der Waals surface area contributed by atoms with Crippen molar-refractivity contribution >= 4 is 17.6 Å². The van der Waals surface area contributed by atoms with Gasteiger partial charge in [0.05, 0.1) is 12.0 Å². The van der Waals surface area contributed by atoms with Crippen molar-refractivity contribution in [3.8, 4) is 0 Å². The summed E-state index contributed by atoms with van der Waals surface area (Å²) in [6.07, 6.45) is 0.221. The Bertz CT molecular complexity index is 137. The molecule has 0 amide bonds. The maximum absolute atomic E-state index is 10.4. The molecule has 0 bridgehead atoms. The summed E-state index contributed by atoms with van der Waals surface area (Å²) in [4.78, 5) is 10.4. The van der Waals surface area contributed by atoms with E-state index in [0.29, 0.717) is 6.61 Å². The largest absolute Gasteiger partial charge is 0.434 e. The van der Waals surface area contributed by atoms with Crippen molar-refractivity contribution in [3.05, 3.63) is 0 Å². The summed E-state index contributed by atoms with van der Waals surface area (Å²) < 4.78 is 9.73. The maximum atomic E-state index is 10.4. The highest BCUT2D eigenvalue weighted by Crippen LogP contribution is 2.19. The lowest BCUT2D eigenvalue weighted by Crippen LogP contribution is -2.22. The van der Waals surface area contributed by atoms with Crippen LogP contribution in [0.1, 0.15) is 13.3 Å². The van der Waals surface area contributed by atoms with E-state index in [1.807, 2.05) is 0 Å². The number of halogens is 1. The van der Waals surface area contributed by atoms with Crippen LogP contribution < -0.4 is 0 Å². The van der Waals surface area contributed by atoms with Gasteiger partial charge in [-0.2, -0.15) is 0 Å². The van der Waals surface area contributed by atoms with Crippen LogP contribution in [0.3, 0.4) is 0 Å². The molecule has 1 rings (SSSR count). The second-order valence-corrected chi connectivity index (χ2v) is 2.71. The molecule has 0 aromatic rings. The Balaban J connectivity index is 2.33. The molecule has 3 nitrogen and oxygen atoms in total. The van der Waals surface area contributed by atoms with Crippen molar-refractivity contribution in [1.82, 2.24) is 0 Å². The topological polar surface area (TPSA) is 35.5 Å². The van der Waals surface area contributed by atoms with Gasteiger partial charge < -0.3 is 9.47 Å². The van der Waals surface area contributed by atoms with Crippen LogP contribution >= 0.6 is 11.6 Å². The third-order valence-electron chi connectivity index (χ3n) is 1.25. The van der Waals surface area contributed by atoms with Gasteiger partial charge in [-0.25, -0.2) is 0 Å². The van der Waals surface area contributed by atoms with E-state index in [0.717, 1.165) is 6.42 Å². The van der Waals surface area contributed by atoms with Crippen molar-refractivity contribution in [3.63, 3.8) is 0 Å². The number of rotatable bonds is 1. The van der Waals surface area contributed by atoms with Gasteiger partial charge in [-0.3, -0.25) is 4.79 Å². The Kier molecular flexibility index (Phi) is 2.51.